The van der Waals surface area contributed by atoms with E-state index in [9.17, 15) is 14.9 Å². The molecule has 0 bridgehead atoms. The lowest BCUT2D eigenvalue weighted by Crippen LogP contribution is -2.39. The van der Waals surface area contributed by atoms with Crippen molar-refractivity contribution < 1.29 is 14.8 Å². The van der Waals surface area contributed by atoms with E-state index in [1.165, 1.54) is 18.2 Å². The van der Waals surface area contributed by atoms with Crippen LogP contribution in [0, 0.1) is 10.1 Å². The normalized spacial score (nSPS) is 16.1. The van der Waals surface area contributed by atoms with Crippen LogP contribution in [0.5, 0.6) is 0 Å². The van der Waals surface area contributed by atoms with Gasteiger partial charge in [0.1, 0.15) is 0 Å². The van der Waals surface area contributed by atoms with Crippen LogP contribution in [0.4, 0.5) is 5.69 Å². The zero-order valence-corrected chi connectivity index (χ0v) is 10.9. The van der Waals surface area contributed by atoms with Crippen LogP contribution in [-0.4, -0.2) is 28.1 Å². The van der Waals surface area contributed by atoms with Crippen LogP contribution in [0.1, 0.15) is 23.2 Å². The lowest BCUT2D eigenvalue weighted by atomic mass is 10.1. The molecule has 0 radical (unpaired) electrons. The molecule has 2 N–H and O–H groups in total. The van der Waals surface area contributed by atoms with E-state index in [4.69, 9.17) is 5.11 Å². The molecule has 1 fully saturated rings. The first-order valence-electron chi connectivity index (χ1n) is 5.35. The molecule has 2 rings (SSSR count). The minimum absolute atomic E-state index is 0.120. The fourth-order valence-corrected chi connectivity index (χ4v) is 2.01. The lowest BCUT2D eigenvalue weighted by molar-refractivity contribution is -0.384. The predicted molar refractivity (Wildman–Crippen MR) is 67.3 cm³/mol. The lowest BCUT2D eigenvalue weighted by Gasteiger charge is -2.14. The van der Waals surface area contributed by atoms with Crippen molar-refractivity contribution in [2.45, 2.75) is 18.4 Å². The zero-order chi connectivity index (χ0) is 13.3. The molecule has 0 aromatic heterocycles. The van der Waals surface area contributed by atoms with E-state index in [0.717, 1.165) is 12.8 Å². The van der Waals surface area contributed by atoms with E-state index >= 15 is 0 Å². The molecule has 0 aliphatic heterocycles. The van der Waals surface area contributed by atoms with E-state index in [0.29, 0.717) is 4.47 Å². The molecule has 1 amide bonds. The summed E-state index contributed by atoms with van der Waals surface area (Å²) in [5.74, 6) is -0.419. The number of nitro benzene ring substituents is 1. The van der Waals surface area contributed by atoms with Crippen molar-refractivity contribution in [1.82, 2.24) is 5.32 Å². The Kier molecular flexibility index (Phi) is 3.36. The fraction of sp³-hybridized carbons (Fsp3) is 0.364. The summed E-state index contributed by atoms with van der Waals surface area (Å²) < 4.78 is 0.485. The van der Waals surface area contributed by atoms with Crippen LogP contribution in [0.25, 0.3) is 0 Å². The van der Waals surface area contributed by atoms with Gasteiger partial charge in [-0.1, -0.05) is 0 Å². The summed E-state index contributed by atoms with van der Waals surface area (Å²) in [6, 6.07) is 4.00. The van der Waals surface area contributed by atoms with Crippen molar-refractivity contribution in [1.29, 1.82) is 0 Å². The molecule has 1 aliphatic rings. The highest BCUT2D eigenvalue weighted by atomic mass is 79.9. The molecule has 0 saturated heterocycles. The largest absolute Gasteiger partial charge is 0.394 e. The number of carbonyl (C=O) groups excluding carboxylic acids is 1. The van der Waals surface area contributed by atoms with E-state index in [2.05, 4.69) is 21.2 Å². The number of nitrogens with one attached hydrogen (secondary N) is 1. The number of non-ortho nitro benzene ring substituents is 1. The molecule has 96 valence electrons. The highest BCUT2D eigenvalue weighted by molar-refractivity contribution is 9.10. The summed E-state index contributed by atoms with van der Waals surface area (Å²) in [7, 11) is 0. The number of hydrogen-bond acceptors (Lipinski definition) is 4. The van der Waals surface area contributed by atoms with Gasteiger partial charge >= 0.3 is 0 Å². The minimum Gasteiger partial charge on any atom is -0.394 e. The fourth-order valence-electron chi connectivity index (χ4n) is 1.58. The van der Waals surface area contributed by atoms with Gasteiger partial charge in [0, 0.05) is 16.6 Å². The summed E-state index contributed by atoms with van der Waals surface area (Å²) >= 11 is 3.18. The smallest absolute Gasteiger partial charge is 0.270 e. The number of halogens is 1. The van der Waals surface area contributed by atoms with Crippen LogP contribution >= 0.6 is 15.9 Å². The molecule has 1 aromatic rings. The number of benzene rings is 1. The van der Waals surface area contributed by atoms with Crippen LogP contribution in [0.15, 0.2) is 22.7 Å². The maximum Gasteiger partial charge on any atom is 0.270 e. The van der Waals surface area contributed by atoms with Gasteiger partial charge < -0.3 is 10.4 Å². The first-order chi connectivity index (χ1) is 8.47. The van der Waals surface area contributed by atoms with Crippen molar-refractivity contribution in [3.05, 3.63) is 38.3 Å². The van der Waals surface area contributed by atoms with Crippen molar-refractivity contribution in [3.8, 4) is 0 Å². The van der Waals surface area contributed by atoms with Gasteiger partial charge in [0.2, 0.25) is 0 Å². The molecule has 0 unspecified atom stereocenters. The Balaban J connectivity index is 2.24. The molecular weight excluding hydrogens is 304 g/mol. The summed E-state index contributed by atoms with van der Waals surface area (Å²) in [6.45, 7) is -0.120. The third-order valence-electron chi connectivity index (χ3n) is 2.94. The molecule has 0 heterocycles. The molecule has 6 nitrogen and oxygen atoms in total. The SMILES string of the molecule is O=C(NC1(CO)CC1)c1cc([N+](=O)[O-])ccc1Br. The van der Waals surface area contributed by atoms with Crippen molar-refractivity contribution in [2.24, 2.45) is 0 Å². The molecule has 18 heavy (non-hydrogen) atoms. The summed E-state index contributed by atoms with van der Waals surface area (Å²) in [6.07, 6.45) is 1.45. The van der Waals surface area contributed by atoms with Gasteiger partial charge in [-0.15, -0.1) is 0 Å². The second-order valence-corrected chi connectivity index (χ2v) is 5.17. The Morgan fingerprint density at radius 1 is 1.56 bits per heavy atom. The predicted octanol–water partition coefficient (Wildman–Crippen LogP) is 1.61. The van der Waals surface area contributed by atoms with E-state index in [1.54, 1.807) is 0 Å². The van der Waals surface area contributed by atoms with Crippen molar-refractivity contribution >= 4 is 27.5 Å². The van der Waals surface area contributed by atoms with Crippen LogP contribution in [0.3, 0.4) is 0 Å². The first kappa shape index (κ1) is 13.0. The number of hydrogen-bond donors (Lipinski definition) is 2. The summed E-state index contributed by atoms with van der Waals surface area (Å²) in [5.41, 5.74) is -0.484. The van der Waals surface area contributed by atoms with Gasteiger partial charge in [-0.3, -0.25) is 14.9 Å². The molecule has 1 aliphatic carbocycles. The topological polar surface area (TPSA) is 92.5 Å². The first-order valence-corrected chi connectivity index (χ1v) is 6.14. The highest BCUT2D eigenvalue weighted by Gasteiger charge is 2.43. The van der Waals surface area contributed by atoms with Gasteiger partial charge in [0.15, 0.2) is 0 Å². The maximum atomic E-state index is 12.0. The third kappa shape index (κ3) is 2.51. The number of amides is 1. The van der Waals surface area contributed by atoms with Gasteiger partial charge in [-0.05, 0) is 34.8 Å². The van der Waals surface area contributed by atoms with Gasteiger partial charge in [-0.25, -0.2) is 0 Å². The van der Waals surface area contributed by atoms with Gasteiger partial charge in [0.25, 0.3) is 11.6 Å². The Morgan fingerprint density at radius 2 is 2.22 bits per heavy atom. The standard InChI is InChI=1S/C11H11BrN2O4/c12-9-2-1-7(14(17)18)5-8(9)10(16)13-11(6-15)3-4-11/h1-2,5,15H,3-4,6H2,(H,13,16). The van der Waals surface area contributed by atoms with Crippen LogP contribution in [-0.2, 0) is 0 Å². The molecule has 1 saturated carbocycles. The third-order valence-corrected chi connectivity index (χ3v) is 3.63. The molecule has 1 aromatic carbocycles. The number of aliphatic hydroxyl groups is 1. The number of carbonyl (C=O) groups is 1. The Hall–Kier alpha value is -1.47. The van der Waals surface area contributed by atoms with Crippen LogP contribution < -0.4 is 5.32 Å². The second-order valence-electron chi connectivity index (χ2n) is 4.31. The van der Waals surface area contributed by atoms with Gasteiger partial charge in [-0.2, -0.15) is 0 Å². The number of aliphatic hydroxyl groups excluding tert-OH is 1. The second kappa shape index (κ2) is 4.66. The molecule has 7 heteroatoms. The number of nitro groups is 1. The van der Waals surface area contributed by atoms with Crippen molar-refractivity contribution in [2.75, 3.05) is 6.61 Å². The maximum absolute atomic E-state index is 12.0. The van der Waals surface area contributed by atoms with E-state index in [1.807, 2.05) is 0 Å². The summed E-state index contributed by atoms with van der Waals surface area (Å²) in [5, 5.41) is 22.5. The van der Waals surface area contributed by atoms with E-state index < -0.39 is 16.4 Å². The number of nitrogens with zero attached hydrogens (tertiary/aromatic N) is 1. The highest BCUT2D eigenvalue weighted by Crippen LogP contribution is 2.35. The molecule has 0 spiro atoms. The zero-order valence-electron chi connectivity index (χ0n) is 9.35. The summed E-state index contributed by atoms with van der Waals surface area (Å²) in [4.78, 5) is 22.1. The van der Waals surface area contributed by atoms with E-state index in [-0.39, 0.29) is 17.9 Å². The van der Waals surface area contributed by atoms with Gasteiger partial charge in [0.05, 0.1) is 22.6 Å². The minimum atomic E-state index is -0.553. The monoisotopic (exact) mass is 314 g/mol. The van der Waals surface area contributed by atoms with Crippen LogP contribution in [0.2, 0.25) is 0 Å². The Labute approximate surface area is 111 Å². The average Bonchev–Trinajstić information content (AvgIpc) is 3.09. The average molecular weight is 315 g/mol. The Morgan fingerprint density at radius 3 is 2.72 bits per heavy atom. The molecular formula is C11H11BrN2O4. The Bertz CT molecular complexity index is 514. The quantitative estimate of drug-likeness (QED) is 0.652. The molecule has 0 atom stereocenters. The van der Waals surface area contributed by atoms with Crippen molar-refractivity contribution in [3.63, 3.8) is 0 Å². The number of rotatable bonds is 4.